The minimum atomic E-state index is -1.21. The second-order valence-corrected chi connectivity index (χ2v) is 12.8. The highest BCUT2D eigenvalue weighted by molar-refractivity contribution is 6.31. The molecule has 198 valence electrons. The Morgan fingerprint density at radius 3 is 2.43 bits per heavy atom. The van der Waals surface area contributed by atoms with Crippen LogP contribution in [-0.2, 0) is 15.0 Å². The number of benzene rings is 2. The summed E-state index contributed by atoms with van der Waals surface area (Å²) in [5.74, 6) is -1.76. The Balaban J connectivity index is 1.69. The van der Waals surface area contributed by atoms with Gasteiger partial charge in [-0.3, -0.25) is 9.59 Å². The van der Waals surface area contributed by atoms with Crippen LogP contribution in [-0.4, -0.2) is 29.9 Å². The predicted molar refractivity (Wildman–Crippen MR) is 146 cm³/mol. The van der Waals surface area contributed by atoms with Gasteiger partial charge in [-0.1, -0.05) is 75.4 Å². The standard InChI is InChI=1S/C29H34Cl2FN3O2/c1-28(2,3)15-23-29(20-12-10-17(31)14-22(20)34-27(29)37)24(19-11-9-16(30)13-21(19)32)25(35-23)26(36)33-18-7-5-4-6-8-18/h9-14,18,23-25,35H,4-8,15H2,1-3H3,(H,33,36)(H,34,37)/t23-,24-,25+,29+/m0/s1. The fourth-order valence-electron chi connectivity index (χ4n) is 6.68. The third-order valence-corrected chi connectivity index (χ3v) is 8.62. The third-order valence-electron chi connectivity index (χ3n) is 8.15. The summed E-state index contributed by atoms with van der Waals surface area (Å²) >= 11 is 12.4. The highest BCUT2D eigenvalue weighted by Crippen LogP contribution is 2.57. The number of halogens is 3. The number of fused-ring (bicyclic) bond motifs is 2. The van der Waals surface area contributed by atoms with Crippen molar-refractivity contribution in [2.24, 2.45) is 5.41 Å². The van der Waals surface area contributed by atoms with Gasteiger partial charge < -0.3 is 16.0 Å². The van der Waals surface area contributed by atoms with E-state index in [9.17, 15) is 9.59 Å². The van der Waals surface area contributed by atoms with Gasteiger partial charge in [0.15, 0.2) is 0 Å². The molecular weight excluding hydrogens is 512 g/mol. The number of rotatable bonds is 4. The molecule has 1 spiro atoms. The summed E-state index contributed by atoms with van der Waals surface area (Å²) in [5, 5.41) is 10.5. The summed E-state index contributed by atoms with van der Waals surface area (Å²) in [6, 6.07) is 8.67. The molecule has 0 unspecified atom stereocenters. The van der Waals surface area contributed by atoms with Crippen molar-refractivity contribution in [3.05, 3.63) is 63.4 Å². The Labute approximate surface area is 227 Å². The first-order valence-electron chi connectivity index (χ1n) is 13.1. The molecule has 0 radical (unpaired) electrons. The van der Waals surface area contributed by atoms with Crippen LogP contribution >= 0.6 is 23.2 Å². The lowest BCUT2D eigenvalue weighted by atomic mass is 9.62. The summed E-state index contributed by atoms with van der Waals surface area (Å²) < 4.78 is 15.7. The predicted octanol–water partition coefficient (Wildman–Crippen LogP) is 6.33. The molecule has 5 nitrogen and oxygen atoms in total. The molecule has 0 bridgehead atoms. The monoisotopic (exact) mass is 545 g/mol. The average Bonchev–Trinajstić information content (AvgIpc) is 3.28. The van der Waals surface area contributed by atoms with Crippen LogP contribution in [0.25, 0.3) is 0 Å². The Morgan fingerprint density at radius 1 is 1.08 bits per heavy atom. The fourth-order valence-corrected chi connectivity index (χ4v) is 7.01. The first-order valence-corrected chi connectivity index (χ1v) is 13.9. The van der Waals surface area contributed by atoms with Crippen LogP contribution in [0.3, 0.4) is 0 Å². The molecule has 2 heterocycles. The molecule has 3 N–H and O–H groups in total. The maximum absolute atomic E-state index is 15.7. The zero-order chi connectivity index (χ0) is 26.5. The van der Waals surface area contributed by atoms with Gasteiger partial charge in [0.25, 0.3) is 0 Å². The van der Waals surface area contributed by atoms with Crippen LogP contribution in [0.2, 0.25) is 10.0 Å². The van der Waals surface area contributed by atoms with Gasteiger partial charge in [0.1, 0.15) is 11.2 Å². The Hall–Kier alpha value is -2.15. The Kier molecular flexibility index (Phi) is 7.05. The minimum absolute atomic E-state index is 0.0832. The summed E-state index contributed by atoms with van der Waals surface area (Å²) in [6.07, 6.45) is 5.77. The maximum Gasteiger partial charge on any atom is 0.238 e. The Morgan fingerprint density at radius 2 is 1.76 bits per heavy atom. The summed E-state index contributed by atoms with van der Waals surface area (Å²) in [4.78, 5) is 28.0. The number of anilines is 1. The van der Waals surface area contributed by atoms with Gasteiger partial charge in [-0.15, -0.1) is 0 Å². The summed E-state index contributed by atoms with van der Waals surface area (Å²) in [7, 11) is 0. The lowest BCUT2D eigenvalue weighted by Gasteiger charge is -2.37. The topological polar surface area (TPSA) is 70.2 Å². The largest absolute Gasteiger partial charge is 0.352 e. The molecule has 1 saturated heterocycles. The fraction of sp³-hybridized carbons (Fsp3) is 0.517. The molecule has 1 aliphatic carbocycles. The van der Waals surface area contributed by atoms with Crippen LogP contribution in [0.4, 0.5) is 10.1 Å². The van der Waals surface area contributed by atoms with Crippen LogP contribution < -0.4 is 16.0 Å². The molecule has 2 aromatic rings. The molecule has 8 heteroatoms. The first-order chi connectivity index (χ1) is 17.5. The number of amides is 2. The van der Waals surface area contributed by atoms with E-state index < -0.39 is 29.2 Å². The molecule has 2 amide bonds. The molecule has 4 atom stereocenters. The first kappa shape index (κ1) is 26.5. The molecule has 2 fully saturated rings. The molecular formula is C29H34Cl2FN3O2. The lowest BCUT2D eigenvalue weighted by molar-refractivity contribution is -0.124. The zero-order valence-electron chi connectivity index (χ0n) is 21.5. The van der Waals surface area contributed by atoms with E-state index in [-0.39, 0.29) is 28.3 Å². The second kappa shape index (κ2) is 9.87. The van der Waals surface area contributed by atoms with Gasteiger partial charge in [0.2, 0.25) is 11.8 Å². The van der Waals surface area contributed by atoms with E-state index in [0.717, 1.165) is 31.2 Å². The van der Waals surface area contributed by atoms with E-state index in [1.165, 1.54) is 12.5 Å². The van der Waals surface area contributed by atoms with E-state index in [4.69, 9.17) is 23.2 Å². The maximum atomic E-state index is 15.7. The third kappa shape index (κ3) is 4.77. The van der Waals surface area contributed by atoms with Crippen molar-refractivity contribution in [2.75, 3.05) is 5.32 Å². The van der Waals surface area contributed by atoms with Crippen molar-refractivity contribution in [1.29, 1.82) is 0 Å². The van der Waals surface area contributed by atoms with Crippen molar-refractivity contribution in [1.82, 2.24) is 10.6 Å². The highest BCUT2D eigenvalue weighted by Gasteiger charge is 2.66. The Bertz CT molecular complexity index is 1220. The molecule has 3 aliphatic rings. The molecule has 2 aliphatic heterocycles. The van der Waals surface area contributed by atoms with E-state index >= 15 is 4.39 Å². The molecule has 2 aromatic carbocycles. The van der Waals surface area contributed by atoms with Crippen LogP contribution in [0.1, 0.15) is 76.3 Å². The van der Waals surface area contributed by atoms with Gasteiger partial charge >= 0.3 is 0 Å². The molecule has 37 heavy (non-hydrogen) atoms. The van der Waals surface area contributed by atoms with Gasteiger partial charge in [-0.25, -0.2) is 4.39 Å². The van der Waals surface area contributed by atoms with Gasteiger partial charge in [0.05, 0.1) is 6.04 Å². The van der Waals surface area contributed by atoms with Crippen molar-refractivity contribution >= 4 is 40.7 Å². The lowest BCUT2D eigenvalue weighted by Crippen LogP contribution is -2.49. The zero-order valence-corrected chi connectivity index (χ0v) is 23.0. The SMILES string of the molecule is CC(C)(C)C[C@@H]1N[C@@H](C(=O)NC2CCCCC2)[C@H](c2ccc(Cl)cc2F)[C@]12C(=O)Nc1cc(Cl)ccc12. The van der Waals surface area contributed by atoms with Crippen molar-refractivity contribution < 1.29 is 14.0 Å². The van der Waals surface area contributed by atoms with E-state index in [1.54, 1.807) is 24.3 Å². The van der Waals surface area contributed by atoms with Crippen molar-refractivity contribution in [3.8, 4) is 0 Å². The number of hydrogen-bond acceptors (Lipinski definition) is 3. The van der Waals surface area contributed by atoms with E-state index in [0.29, 0.717) is 22.7 Å². The van der Waals surface area contributed by atoms with Crippen molar-refractivity contribution in [2.45, 2.75) is 88.8 Å². The molecule has 1 saturated carbocycles. The summed E-state index contributed by atoms with van der Waals surface area (Å²) in [6.45, 7) is 6.31. The van der Waals surface area contributed by atoms with Gasteiger partial charge in [-0.2, -0.15) is 0 Å². The number of nitrogens with one attached hydrogen (secondary N) is 3. The highest BCUT2D eigenvalue weighted by atomic mass is 35.5. The smallest absolute Gasteiger partial charge is 0.238 e. The van der Waals surface area contributed by atoms with E-state index in [1.807, 2.05) is 6.07 Å². The second-order valence-electron chi connectivity index (χ2n) is 12.0. The van der Waals surface area contributed by atoms with E-state index in [2.05, 4.69) is 36.7 Å². The van der Waals surface area contributed by atoms with Crippen molar-refractivity contribution in [3.63, 3.8) is 0 Å². The number of hydrogen-bond donors (Lipinski definition) is 3. The summed E-state index contributed by atoms with van der Waals surface area (Å²) in [5.41, 5.74) is 0.255. The molecule has 5 rings (SSSR count). The average molecular weight is 547 g/mol. The molecule has 0 aromatic heterocycles. The van der Waals surface area contributed by atoms with Crippen LogP contribution in [0.15, 0.2) is 36.4 Å². The van der Waals surface area contributed by atoms with Crippen LogP contribution in [0, 0.1) is 11.2 Å². The number of carbonyl (C=O) groups is 2. The van der Waals surface area contributed by atoms with Gasteiger partial charge in [0, 0.05) is 33.7 Å². The normalized spacial score (nSPS) is 27.8. The van der Waals surface area contributed by atoms with Gasteiger partial charge in [-0.05, 0) is 60.1 Å². The minimum Gasteiger partial charge on any atom is -0.352 e. The quantitative estimate of drug-likeness (QED) is 0.420. The number of carbonyl (C=O) groups excluding carboxylic acids is 2. The van der Waals surface area contributed by atoms with Crippen LogP contribution in [0.5, 0.6) is 0 Å².